The SMILES string of the molecule is CC(C)OCCCNC(=O)CCc1nc2sc3c(c2c(=O)[nH]1)CCCCC3. The van der Waals surface area contributed by atoms with Gasteiger partial charge in [0.05, 0.1) is 11.5 Å². The Kier molecular flexibility index (Phi) is 7.01. The highest BCUT2D eigenvalue weighted by Crippen LogP contribution is 2.32. The lowest BCUT2D eigenvalue weighted by Crippen LogP contribution is -2.26. The number of ether oxygens (including phenoxy) is 1. The van der Waals surface area contributed by atoms with Gasteiger partial charge in [-0.3, -0.25) is 9.59 Å². The van der Waals surface area contributed by atoms with E-state index in [2.05, 4.69) is 15.3 Å². The molecule has 148 valence electrons. The van der Waals surface area contributed by atoms with E-state index < -0.39 is 0 Å². The number of nitrogens with zero attached hydrogens (tertiary/aromatic N) is 1. The third kappa shape index (κ3) is 5.39. The second-order valence-corrected chi connectivity index (χ2v) is 8.46. The molecule has 0 unspecified atom stereocenters. The number of amides is 1. The van der Waals surface area contributed by atoms with Crippen molar-refractivity contribution in [1.82, 2.24) is 15.3 Å². The Bertz CT molecular complexity index is 841. The van der Waals surface area contributed by atoms with Crippen LogP contribution in [0.3, 0.4) is 0 Å². The molecule has 0 saturated carbocycles. The van der Waals surface area contributed by atoms with Gasteiger partial charge in [-0.05, 0) is 51.5 Å². The van der Waals surface area contributed by atoms with Crippen LogP contribution in [0.15, 0.2) is 4.79 Å². The van der Waals surface area contributed by atoms with Crippen molar-refractivity contribution in [1.29, 1.82) is 0 Å². The molecule has 1 aliphatic carbocycles. The lowest BCUT2D eigenvalue weighted by Gasteiger charge is -2.08. The van der Waals surface area contributed by atoms with Crippen LogP contribution in [0.5, 0.6) is 0 Å². The van der Waals surface area contributed by atoms with Crippen molar-refractivity contribution in [3.63, 3.8) is 0 Å². The molecule has 3 rings (SSSR count). The monoisotopic (exact) mass is 391 g/mol. The third-order valence-corrected chi connectivity index (χ3v) is 5.99. The number of carbonyl (C=O) groups is 1. The Hall–Kier alpha value is -1.73. The highest BCUT2D eigenvalue weighted by molar-refractivity contribution is 7.18. The molecule has 0 atom stereocenters. The number of hydrogen-bond acceptors (Lipinski definition) is 5. The van der Waals surface area contributed by atoms with E-state index in [4.69, 9.17) is 4.74 Å². The van der Waals surface area contributed by atoms with Crippen molar-refractivity contribution in [2.75, 3.05) is 13.2 Å². The second-order valence-electron chi connectivity index (χ2n) is 7.38. The topological polar surface area (TPSA) is 84.1 Å². The molecule has 2 aromatic rings. The van der Waals surface area contributed by atoms with Crippen LogP contribution < -0.4 is 10.9 Å². The number of aromatic nitrogens is 2. The summed E-state index contributed by atoms with van der Waals surface area (Å²) in [4.78, 5) is 34.2. The predicted molar refractivity (Wildman–Crippen MR) is 109 cm³/mol. The predicted octanol–water partition coefficient (Wildman–Crippen LogP) is 3.12. The summed E-state index contributed by atoms with van der Waals surface area (Å²) in [5.74, 6) is 0.575. The van der Waals surface area contributed by atoms with Crippen molar-refractivity contribution >= 4 is 27.5 Å². The van der Waals surface area contributed by atoms with E-state index in [0.29, 0.717) is 31.8 Å². The molecule has 2 N–H and O–H groups in total. The van der Waals surface area contributed by atoms with E-state index in [-0.39, 0.29) is 17.6 Å². The van der Waals surface area contributed by atoms with Crippen LogP contribution in [0, 0.1) is 0 Å². The Balaban J connectivity index is 1.56. The molecule has 0 spiro atoms. The molecule has 1 aliphatic rings. The van der Waals surface area contributed by atoms with E-state index in [0.717, 1.165) is 35.9 Å². The molecule has 0 bridgehead atoms. The molecule has 0 aromatic carbocycles. The summed E-state index contributed by atoms with van der Waals surface area (Å²) in [6.45, 7) is 5.24. The fraction of sp³-hybridized carbons (Fsp3) is 0.650. The van der Waals surface area contributed by atoms with Crippen molar-refractivity contribution in [3.8, 4) is 0 Å². The van der Waals surface area contributed by atoms with Crippen LogP contribution in [0.25, 0.3) is 10.2 Å². The fourth-order valence-electron chi connectivity index (χ4n) is 3.44. The molecular weight excluding hydrogens is 362 g/mol. The molecule has 2 heterocycles. The first-order valence-corrected chi connectivity index (χ1v) is 10.8. The van der Waals surface area contributed by atoms with Crippen molar-refractivity contribution in [3.05, 3.63) is 26.6 Å². The number of aromatic amines is 1. The number of hydrogen-bond donors (Lipinski definition) is 2. The van der Waals surface area contributed by atoms with Gasteiger partial charge in [0.2, 0.25) is 5.91 Å². The number of aryl methyl sites for hydroxylation is 3. The average molecular weight is 392 g/mol. The minimum Gasteiger partial charge on any atom is -0.379 e. The Morgan fingerprint density at radius 1 is 1.30 bits per heavy atom. The zero-order chi connectivity index (χ0) is 19.2. The van der Waals surface area contributed by atoms with Crippen LogP contribution in [0.2, 0.25) is 0 Å². The molecule has 0 fully saturated rings. The molecule has 6 nitrogen and oxygen atoms in total. The standard InChI is InChI=1S/C20H29N3O3S/c1-13(2)26-12-6-11-21-17(24)10-9-16-22-19(25)18-14-7-4-3-5-8-15(14)27-20(18)23-16/h13H,3-12H2,1-2H3,(H,21,24)(H,22,23,25). The molecule has 1 amide bonds. The summed E-state index contributed by atoms with van der Waals surface area (Å²) in [6.07, 6.45) is 7.36. The maximum Gasteiger partial charge on any atom is 0.259 e. The van der Waals surface area contributed by atoms with Crippen molar-refractivity contribution in [2.24, 2.45) is 0 Å². The smallest absolute Gasteiger partial charge is 0.259 e. The van der Waals surface area contributed by atoms with Gasteiger partial charge in [-0.25, -0.2) is 4.98 Å². The first-order valence-electron chi connectivity index (χ1n) is 9.96. The number of nitrogens with one attached hydrogen (secondary N) is 2. The lowest BCUT2D eigenvalue weighted by atomic mass is 10.1. The number of H-pyrrole nitrogens is 1. The summed E-state index contributed by atoms with van der Waals surface area (Å²) >= 11 is 1.65. The van der Waals surface area contributed by atoms with E-state index >= 15 is 0 Å². The first-order chi connectivity index (χ1) is 13.0. The minimum absolute atomic E-state index is 0.0238. The van der Waals surface area contributed by atoms with Gasteiger partial charge in [-0.15, -0.1) is 11.3 Å². The zero-order valence-electron chi connectivity index (χ0n) is 16.2. The third-order valence-electron chi connectivity index (χ3n) is 4.81. The average Bonchev–Trinajstić information content (AvgIpc) is 2.81. The summed E-state index contributed by atoms with van der Waals surface area (Å²) in [7, 11) is 0. The Morgan fingerprint density at radius 2 is 2.11 bits per heavy atom. The van der Waals surface area contributed by atoms with Crippen LogP contribution in [-0.2, 0) is 28.8 Å². The highest BCUT2D eigenvalue weighted by atomic mass is 32.1. The van der Waals surface area contributed by atoms with Gasteiger partial charge in [-0.1, -0.05) is 6.42 Å². The van der Waals surface area contributed by atoms with Gasteiger partial charge < -0.3 is 15.0 Å². The van der Waals surface area contributed by atoms with E-state index in [1.807, 2.05) is 13.8 Å². The maximum atomic E-state index is 12.6. The summed E-state index contributed by atoms with van der Waals surface area (Å²) in [6, 6.07) is 0. The quantitative estimate of drug-likeness (QED) is 0.535. The summed E-state index contributed by atoms with van der Waals surface area (Å²) in [5, 5.41) is 3.66. The van der Waals surface area contributed by atoms with Gasteiger partial charge >= 0.3 is 0 Å². The zero-order valence-corrected chi connectivity index (χ0v) is 17.0. The molecule has 7 heteroatoms. The van der Waals surface area contributed by atoms with Crippen molar-refractivity contribution < 1.29 is 9.53 Å². The molecular formula is C20H29N3O3S. The van der Waals surface area contributed by atoms with Gasteiger partial charge in [0, 0.05) is 30.9 Å². The molecule has 0 saturated heterocycles. The van der Waals surface area contributed by atoms with Crippen LogP contribution in [0.1, 0.15) is 62.2 Å². The summed E-state index contributed by atoms with van der Waals surface area (Å²) in [5.41, 5.74) is 1.15. The Labute approximate surface area is 163 Å². The van der Waals surface area contributed by atoms with E-state index in [9.17, 15) is 9.59 Å². The van der Waals surface area contributed by atoms with Gasteiger partial charge in [-0.2, -0.15) is 0 Å². The highest BCUT2D eigenvalue weighted by Gasteiger charge is 2.19. The lowest BCUT2D eigenvalue weighted by molar-refractivity contribution is -0.121. The van der Waals surface area contributed by atoms with E-state index in [1.54, 1.807) is 11.3 Å². The molecule has 27 heavy (non-hydrogen) atoms. The molecule has 0 radical (unpaired) electrons. The number of fused-ring (bicyclic) bond motifs is 3. The van der Waals surface area contributed by atoms with Crippen LogP contribution >= 0.6 is 11.3 Å². The number of carbonyl (C=O) groups excluding carboxylic acids is 1. The second kappa shape index (κ2) is 9.46. The number of rotatable bonds is 8. The summed E-state index contributed by atoms with van der Waals surface area (Å²) < 4.78 is 5.45. The maximum absolute atomic E-state index is 12.6. The van der Waals surface area contributed by atoms with Crippen LogP contribution in [-0.4, -0.2) is 35.1 Å². The fourth-order valence-corrected chi connectivity index (χ4v) is 4.72. The molecule has 2 aromatic heterocycles. The number of thiophene rings is 1. The van der Waals surface area contributed by atoms with Crippen molar-refractivity contribution in [2.45, 2.75) is 71.3 Å². The molecule has 0 aliphatic heterocycles. The largest absolute Gasteiger partial charge is 0.379 e. The van der Waals surface area contributed by atoms with E-state index in [1.165, 1.54) is 23.3 Å². The van der Waals surface area contributed by atoms with Crippen LogP contribution in [0.4, 0.5) is 0 Å². The van der Waals surface area contributed by atoms with Gasteiger partial charge in [0.25, 0.3) is 5.56 Å². The minimum atomic E-state index is -0.0550. The van der Waals surface area contributed by atoms with Gasteiger partial charge in [0.1, 0.15) is 10.7 Å². The van der Waals surface area contributed by atoms with Gasteiger partial charge in [0.15, 0.2) is 0 Å². The Morgan fingerprint density at radius 3 is 2.93 bits per heavy atom. The first kappa shape index (κ1) is 20.0. The normalized spacial score (nSPS) is 14.3.